The molecule has 1 aliphatic carbocycles. The van der Waals surface area contributed by atoms with Crippen LogP contribution in [0.25, 0.3) is 0 Å². The van der Waals surface area contributed by atoms with Gasteiger partial charge < -0.3 is 135 Å². The highest BCUT2D eigenvalue weighted by Crippen LogP contribution is 2.58. The zero-order chi connectivity index (χ0) is 79.2. The van der Waals surface area contributed by atoms with Gasteiger partial charge in [-0.25, -0.2) is 14.4 Å². The van der Waals surface area contributed by atoms with Crippen LogP contribution in [-0.2, 0) is 78.4 Å². The number of aliphatic hydroxyl groups is 4. The molecular weight excluding hydrogens is 1830 g/mol. The minimum Gasteiger partial charge on any atom is -1.00 e. The van der Waals surface area contributed by atoms with Crippen molar-refractivity contribution in [2.75, 3.05) is 107 Å². The lowest BCUT2D eigenvalue weighted by Crippen LogP contribution is -3.00. The average molecular weight is 1940 g/mol. The fourth-order valence-electron chi connectivity index (χ4n) is 20.3. The molecule has 6 unspecified atom stereocenters. The molecule has 1 saturated carbocycles. The van der Waals surface area contributed by atoms with Gasteiger partial charge in [-0.05, 0) is 86.4 Å². The number of morpholine rings is 1. The predicted octanol–water partition coefficient (Wildman–Crippen LogP) is 2.37. The zero-order valence-electron chi connectivity index (χ0n) is 67.8. The lowest BCUT2D eigenvalue weighted by Gasteiger charge is -2.60. The number of esters is 3. The number of halogens is 4. The van der Waals surface area contributed by atoms with Gasteiger partial charge in [-0.3, -0.25) is 0 Å². The topological polar surface area (TPSA) is 191 Å². The van der Waals surface area contributed by atoms with Crippen LogP contribution in [0.1, 0.15) is 124 Å². The monoisotopic (exact) mass is 1940 g/mol. The van der Waals surface area contributed by atoms with E-state index in [4.69, 9.17) is 28.4 Å². The van der Waals surface area contributed by atoms with Gasteiger partial charge in [0, 0.05) is 68.6 Å². The summed E-state index contributed by atoms with van der Waals surface area (Å²) >= 11 is 5.50. The summed E-state index contributed by atoms with van der Waals surface area (Å²) in [7, 11) is 8.79. The Morgan fingerprint density at radius 1 is 0.441 bits per heavy atom. The molecule has 10 saturated heterocycles. The second-order valence-corrected chi connectivity index (χ2v) is 38.5. The Hall–Kier alpha value is -5.21. The number of quaternary nitrogens is 4. The number of rotatable bonds is 25. The van der Waals surface area contributed by atoms with Crippen LogP contribution in [0.5, 0.6) is 0 Å². The van der Waals surface area contributed by atoms with E-state index in [-0.39, 0.29) is 97.6 Å². The predicted molar refractivity (Wildman–Crippen MR) is 446 cm³/mol. The molecule has 4 aromatic heterocycles. The van der Waals surface area contributed by atoms with Crippen molar-refractivity contribution in [3.05, 3.63) is 269 Å². The maximum Gasteiger partial charge on any atom is 0.349 e. The molecular formula is C93H114Br4N4O13S4. The molecule has 11 fully saturated rings. The van der Waals surface area contributed by atoms with E-state index < -0.39 is 40.3 Å². The molecule has 0 spiro atoms. The number of hydrogen-bond donors (Lipinski definition) is 4. The van der Waals surface area contributed by atoms with Crippen molar-refractivity contribution in [1.82, 2.24) is 0 Å². The zero-order valence-corrected chi connectivity index (χ0v) is 77.4. The first kappa shape index (κ1) is 93.5. The Balaban J connectivity index is 0.000000154. The molecule has 25 heteroatoms. The van der Waals surface area contributed by atoms with E-state index in [0.717, 1.165) is 178 Å². The van der Waals surface area contributed by atoms with Crippen LogP contribution in [0.3, 0.4) is 0 Å². The number of piperidine rings is 7. The molecule has 10 aliphatic heterocycles. The number of hydrogen-bond acceptors (Lipinski definition) is 17. The second-order valence-electron chi connectivity index (χ2n) is 34.7. The van der Waals surface area contributed by atoms with Crippen LogP contribution in [0, 0.1) is 17.3 Å². The van der Waals surface area contributed by atoms with Crippen LogP contribution in [-0.4, -0.2) is 206 Å². The van der Waals surface area contributed by atoms with Crippen molar-refractivity contribution in [2.45, 2.75) is 155 Å². The van der Waals surface area contributed by atoms with Gasteiger partial charge in [0.25, 0.3) is 0 Å². The van der Waals surface area contributed by atoms with E-state index in [1.165, 1.54) is 56.5 Å². The summed E-state index contributed by atoms with van der Waals surface area (Å²) in [5, 5.41) is 54.2. The number of likely N-dealkylation sites (N-methyl/N-ethyl adjacent to an activating group) is 2. The molecule has 636 valence electrons. The van der Waals surface area contributed by atoms with Crippen molar-refractivity contribution in [2.24, 2.45) is 17.3 Å². The maximum absolute atomic E-state index is 13.4. The maximum atomic E-state index is 13.4. The molecule has 7 atom stereocenters. The number of epoxide rings is 1. The summed E-state index contributed by atoms with van der Waals surface area (Å²) < 4.78 is 39.5. The third-order valence-electron chi connectivity index (χ3n) is 27.2. The Labute approximate surface area is 754 Å². The van der Waals surface area contributed by atoms with Gasteiger partial charge in [0.15, 0.2) is 17.8 Å². The Morgan fingerprint density at radius 2 is 0.839 bits per heavy atom. The summed E-state index contributed by atoms with van der Waals surface area (Å²) in [4.78, 5) is 41.9. The van der Waals surface area contributed by atoms with Gasteiger partial charge in [-0.2, -0.15) is 0 Å². The van der Waals surface area contributed by atoms with E-state index in [2.05, 4.69) is 113 Å². The highest BCUT2D eigenvalue weighted by atomic mass is 79.9. The summed E-state index contributed by atoms with van der Waals surface area (Å²) in [6.45, 7) is 13.0. The van der Waals surface area contributed by atoms with Gasteiger partial charge in [-0.15, -0.1) is 45.3 Å². The minimum absolute atomic E-state index is 0. The molecule has 118 heavy (non-hydrogen) atoms. The van der Waals surface area contributed by atoms with Crippen LogP contribution >= 0.6 is 45.3 Å². The molecule has 0 amide bonds. The van der Waals surface area contributed by atoms with Crippen molar-refractivity contribution in [3.63, 3.8) is 0 Å². The number of fused-ring (bicyclic) bond motifs is 11. The number of nitrogens with zero attached hydrogens (tertiary/aromatic N) is 4. The summed E-state index contributed by atoms with van der Waals surface area (Å²) in [6, 6.07) is 66.0. The fraction of sp³-hybridized carbons (Fsp3) is 0.473. The fourth-order valence-corrected chi connectivity index (χ4v) is 23.7. The molecule has 6 bridgehead atoms. The number of ether oxygens (including phenoxy) is 6. The largest absolute Gasteiger partial charge is 1.00 e. The van der Waals surface area contributed by atoms with Crippen molar-refractivity contribution in [1.29, 1.82) is 0 Å². The second kappa shape index (κ2) is 40.2. The molecule has 17 nitrogen and oxygen atoms in total. The van der Waals surface area contributed by atoms with Crippen LogP contribution < -0.4 is 67.9 Å². The summed E-state index contributed by atoms with van der Waals surface area (Å²) in [5.74, 6) is -1.24. The Kier molecular flexibility index (Phi) is 31.8. The number of thiophene rings is 4. The quantitative estimate of drug-likeness (QED) is 0.0215. The van der Waals surface area contributed by atoms with Crippen molar-refractivity contribution >= 4 is 63.3 Å². The molecule has 0 radical (unpaired) electrons. The van der Waals surface area contributed by atoms with E-state index in [9.17, 15) is 34.8 Å². The number of carbonyl (C=O) groups excluding carboxylic acids is 3. The number of benzene rings is 5. The van der Waals surface area contributed by atoms with Crippen LogP contribution in [0.2, 0.25) is 0 Å². The summed E-state index contributed by atoms with van der Waals surface area (Å²) in [5.41, 5.74) is -0.876. The number of carbonyl (C=O) groups is 3. The van der Waals surface area contributed by atoms with Crippen LogP contribution in [0.4, 0.5) is 0 Å². The highest BCUT2D eigenvalue weighted by molar-refractivity contribution is 7.12. The molecule has 5 aromatic carbocycles. The third kappa shape index (κ3) is 19.8. The van der Waals surface area contributed by atoms with E-state index in [0.29, 0.717) is 75.1 Å². The van der Waals surface area contributed by atoms with Gasteiger partial charge in [0.1, 0.15) is 62.2 Å². The summed E-state index contributed by atoms with van der Waals surface area (Å²) in [6.07, 6.45) is 11.8. The smallest absolute Gasteiger partial charge is 0.349 e. The third-order valence-corrected chi connectivity index (χ3v) is 31.1. The minimum atomic E-state index is -1.74. The highest BCUT2D eigenvalue weighted by Gasteiger charge is 2.71. The first-order valence-corrected chi connectivity index (χ1v) is 44.7. The standard InChI is InChI=1S/C29H34NO2.C26H30NO4S2.C19H22NO4S2.C19H28NO3.4BrH/c31-29(26-12-6-2-7-13-26,27-14-8-3-9-15-27)28-16-19-30(20-17-28,21-18-28)22-23-32-24-25-10-4-1-5-11-25;28-25(26(29,23-8-4-16-32-23)24-9-5-17-33-24)31-22-18-27(12-10-21(22)11-13-27)14-15-30-19-20-6-2-1-3-7-20;1-20(2)12-9-11(10-13(20)17-16(12)24-17)23-18(21)19(22,14-5-3-7-25-14)15-6-4-8-26-15;1-20(2)13-12-17(14-20)23-18(21)19(22,16-10-6-7-11-16)15-8-4-3-5-9-15;;;;/h1-15,31H,16-24H2;1-9,16-17,21-22,29H,10-15,18-19H2;3-8,11-13,16-17,22H,9-10H2,1-2H3;3-5,8-9,16-17,22H,6-7,10-14H2,1-2H3;4*1H/q4*+1;;;;/p-4/t;21?,22-,27?;;;;;;/m.0....../s1. The molecule has 20 rings (SSSR count). The van der Waals surface area contributed by atoms with E-state index >= 15 is 0 Å². The number of likely N-dealkylation sites (tertiary alicyclic amines) is 1. The van der Waals surface area contributed by atoms with Crippen molar-refractivity contribution in [3.8, 4) is 0 Å². The van der Waals surface area contributed by atoms with E-state index in [1.807, 2.05) is 113 Å². The lowest BCUT2D eigenvalue weighted by atomic mass is 9.56. The Morgan fingerprint density at radius 3 is 1.25 bits per heavy atom. The Bertz CT molecular complexity index is 4420. The van der Waals surface area contributed by atoms with Gasteiger partial charge >= 0.3 is 17.9 Å². The van der Waals surface area contributed by atoms with Crippen molar-refractivity contribution < 1.29 is 149 Å². The molecule has 9 aromatic rings. The normalized spacial score (nSPS) is 26.5. The van der Waals surface area contributed by atoms with Gasteiger partial charge in [0.2, 0.25) is 11.2 Å². The molecule has 11 aliphatic rings. The first-order valence-electron chi connectivity index (χ1n) is 41.2. The van der Waals surface area contributed by atoms with Crippen LogP contribution in [0.15, 0.2) is 222 Å². The molecule has 4 N–H and O–H groups in total. The van der Waals surface area contributed by atoms with E-state index in [1.54, 1.807) is 24.3 Å². The average Bonchev–Trinajstić information content (AvgIpc) is 1.49. The SMILES string of the molecule is C[N+]1(C)C2CC(OC(=O)C(O)(c3cccs3)c3cccs3)CC1C1OC12.C[N+]1(C)CCC(OC(=O)C(O)(c2ccccc2)C2CCCC2)C1.O=C(O[C@H]1C[N+]2(CCOCc3ccccc3)CCC1CC2)C(O)(c1cccs1)c1cccs1.OC(c1ccccc1)(c1ccccc1)C12CC[N+](CCOCc3ccccc3)(CC1)CC2.[Br-].[Br-].[Br-].[Br-]. The van der Waals surface area contributed by atoms with Gasteiger partial charge in [-0.1, -0.05) is 189 Å². The first-order chi connectivity index (χ1) is 55.1. The molecule has 14 heterocycles. The van der Waals surface area contributed by atoms with Gasteiger partial charge in [0.05, 0.1) is 113 Å². The lowest BCUT2D eigenvalue weighted by molar-refractivity contribution is -0.946.